The molecule has 2 fully saturated rings. The molecule has 6 rings (SSSR count). The Labute approximate surface area is 182 Å². The lowest BCUT2D eigenvalue weighted by atomic mass is 9.95. The number of aryl methyl sites for hydroxylation is 1. The number of benzene rings is 2. The van der Waals surface area contributed by atoms with E-state index in [1.807, 2.05) is 17.2 Å². The van der Waals surface area contributed by atoms with Crippen molar-refractivity contribution in [3.63, 3.8) is 0 Å². The molecule has 5 nitrogen and oxygen atoms in total. The van der Waals surface area contributed by atoms with E-state index < -0.39 is 5.79 Å². The van der Waals surface area contributed by atoms with Crippen molar-refractivity contribution in [2.45, 2.75) is 45.0 Å². The van der Waals surface area contributed by atoms with E-state index in [0.717, 1.165) is 53.5 Å². The largest absolute Gasteiger partial charge is 0.462 e. The molecule has 5 heteroatoms. The molecule has 0 atom stereocenters. The number of likely N-dealkylation sites (tertiary alicyclic amines) is 1. The molecular weight excluding hydrogens is 388 g/mol. The molecule has 0 unspecified atom stereocenters. The van der Waals surface area contributed by atoms with Crippen LogP contribution in [0.2, 0.25) is 0 Å². The standard InChI is InChI=1S/C26H26N2O3/c1-17-22(8-6-18-3-2-12-27-24(17)18)20-7-9-23-21(15-20)16-30-26(31-23)10-13-28(14-11-26)25(29)19-4-5-19/h2-3,6-9,12,15,19H,4-5,10-11,13-14,16H2,1H3. The maximum absolute atomic E-state index is 12.4. The van der Waals surface area contributed by atoms with Gasteiger partial charge in [-0.2, -0.15) is 0 Å². The van der Waals surface area contributed by atoms with Crippen molar-refractivity contribution in [3.05, 3.63) is 59.8 Å². The second-order valence-corrected chi connectivity index (χ2v) is 9.04. The van der Waals surface area contributed by atoms with Crippen molar-refractivity contribution >= 4 is 16.8 Å². The summed E-state index contributed by atoms with van der Waals surface area (Å²) in [5.74, 6) is 0.886. The highest BCUT2D eigenvalue weighted by Gasteiger charge is 2.44. The van der Waals surface area contributed by atoms with Crippen molar-refractivity contribution in [3.8, 4) is 16.9 Å². The zero-order chi connectivity index (χ0) is 21.0. The number of ether oxygens (including phenoxy) is 2. The molecule has 1 aromatic heterocycles. The maximum atomic E-state index is 12.4. The first-order chi connectivity index (χ1) is 15.1. The third kappa shape index (κ3) is 3.28. The molecule has 1 spiro atoms. The summed E-state index contributed by atoms with van der Waals surface area (Å²) in [4.78, 5) is 18.9. The summed E-state index contributed by atoms with van der Waals surface area (Å²) in [6.45, 7) is 4.09. The first kappa shape index (κ1) is 18.8. The van der Waals surface area contributed by atoms with Crippen molar-refractivity contribution in [1.82, 2.24) is 9.88 Å². The molecule has 3 aromatic rings. The van der Waals surface area contributed by atoms with Crippen LogP contribution in [0.5, 0.6) is 5.75 Å². The van der Waals surface area contributed by atoms with Gasteiger partial charge in [0, 0.05) is 49.0 Å². The van der Waals surface area contributed by atoms with Gasteiger partial charge in [-0.25, -0.2) is 0 Å². The van der Waals surface area contributed by atoms with Crippen molar-refractivity contribution in [2.24, 2.45) is 5.92 Å². The maximum Gasteiger partial charge on any atom is 0.225 e. The summed E-state index contributed by atoms with van der Waals surface area (Å²) < 4.78 is 12.6. The molecule has 1 saturated heterocycles. The average molecular weight is 415 g/mol. The number of fused-ring (bicyclic) bond motifs is 2. The molecular formula is C26H26N2O3. The number of pyridine rings is 1. The quantitative estimate of drug-likeness (QED) is 0.602. The first-order valence-corrected chi connectivity index (χ1v) is 11.2. The topological polar surface area (TPSA) is 51.7 Å². The van der Waals surface area contributed by atoms with E-state index >= 15 is 0 Å². The summed E-state index contributed by atoms with van der Waals surface area (Å²) in [7, 11) is 0. The highest BCUT2D eigenvalue weighted by Crippen LogP contribution is 2.41. The summed E-state index contributed by atoms with van der Waals surface area (Å²) in [5.41, 5.74) is 5.62. The predicted octanol–water partition coefficient (Wildman–Crippen LogP) is 4.85. The Morgan fingerprint density at radius 3 is 2.77 bits per heavy atom. The Morgan fingerprint density at radius 2 is 1.97 bits per heavy atom. The molecule has 31 heavy (non-hydrogen) atoms. The molecule has 2 aliphatic heterocycles. The second kappa shape index (κ2) is 7.06. The van der Waals surface area contributed by atoms with Gasteiger partial charge in [-0.15, -0.1) is 0 Å². The smallest absolute Gasteiger partial charge is 0.225 e. The van der Waals surface area contributed by atoms with Crippen LogP contribution in [0.4, 0.5) is 0 Å². The molecule has 158 valence electrons. The van der Waals surface area contributed by atoms with Crippen molar-refractivity contribution < 1.29 is 14.3 Å². The van der Waals surface area contributed by atoms with Crippen LogP contribution in [0.1, 0.15) is 36.8 Å². The number of hydrogen-bond acceptors (Lipinski definition) is 4. The lowest BCUT2D eigenvalue weighted by Gasteiger charge is -2.44. The number of amides is 1. The van der Waals surface area contributed by atoms with Gasteiger partial charge in [0.2, 0.25) is 11.7 Å². The molecule has 3 aliphatic rings. The highest BCUT2D eigenvalue weighted by molar-refractivity contribution is 5.88. The van der Waals surface area contributed by atoms with E-state index in [0.29, 0.717) is 25.6 Å². The SMILES string of the molecule is Cc1c(-c2ccc3c(c2)COC2(CCN(C(=O)C4CC4)CC2)O3)ccc2cccnc12. The van der Waals surface area contributed by atoms with Gasteiger partial charge >= 0.3 is 0 Å². The Bertz CT molecular complexity index is 1180. The van der Waals surface area contributed by atoms with E-state index in [1.54, 1.807) is 0 Å². The Balaban J connectivity index is 1.23. The third-order valence-electron chi connectivity index (χ3n) is 6.95. The van der Waals surface area contributed by atoms with Crippen LogP contribution in [0.15, 0.2) is 48.7 Å². The molecule has 0 radical (unpaired) electrons. The van der Waals surface area contributed by atoms with Crippen LogP contribution in [-0.2, 0) is 16.1 Å². The average Bonchev–Trinajstić information content (AvgIpc) is 3.65. The van der Waals surface area contributed by atoms with E-state index in [4.69, 9.17) is 9.47 Å². The molecule has 1 amide bonds. The monoisotopic (exact) mass is 414 g/mol. The van der Waals surface area contributed by atoms with Gasteiger partial charge in [-0.3, -0.25) is 9.78 Å². The van der Waals surface area contributed by atoms with E-state index in [9.17, 15) is 4.79 Å². The van der Waals surface area contributed by atoms with Crippen molar-refractivity contribution in [2.75, 3.05) is 13.1 Å². The van der Waals surface area contributed by atoms with Gasteiger partial charge in [-0.1, -0.05) is 24.3 Å². The van der Waals surface area contributed by atoms with Crippen LogP contribution in [0, 0.1) is 12.8 Å². The second-order valence-electron chi connectivity index (χ2n) is 9.04. The van der Waals surface area contributed by atoms with Crippen LogP contribution in [0.25, 0.3) is 22.0 Å². The summed E-state index contributed by atoms with van der Waals surface area (Å²) in [6.07, 6.45) is 5.40. The number of carbonyl (C=O) groups excluding carboxylic acids is 1. The molecule has 3 heterocycles. The lowest BCUT2D eigenvalue weighted by Crippen LogP contribution is -2.52. The van der Waals surface area contributed by atoms with E-state index in [-0.39, 0.29) is 5.92 Å². The molecule has 1 aliphatic carbocycles. The molecule has 0 bridgehead atoms. The number of carbonyl (C=O) groups is 1. The fourth-order valence-electron chi connectivity index (χ4n) is 4.91. The van der Waals surface area contributed by atoms with Crippen LogP contribution in [-0.4, -0.2) is 34.7 Å². The Morgan fingerprint density at radius 1 is 1.13 bits per heavy atom. The van der Waals surface area contributed by atoms with Crippen LogP contribution in [0.3, 0.4) is 0 Å². The molecule has 1 saturated carbocycles. The number of hydrogen-bond donors (Lipinski definition) is 0. The number of piperidine rings is 1. The van der Waals surface area contributed by atoms with E-state index in [2.05, 4.69) is 48.3 Å². The summed E-state index contributed by atoms with van der Waals surface area (Å²) >= 11 is 0. The minimum absolute atomic E-state index is 0.273. The Hall–Kier alpha value is -2.92. The first-order valence-electron chi connectivity index (χ1n) is 11.2. The molecule has 0 N–H and O–H groups in total. The minimum Gasteiger partial charge on any atom is -0.462 e. The van der Waals surface area contributed by atoms with Gasteiger partial charge < -0.3 is 14.4 Å². The van der Waals surface area contributed by atoms with E-state index in [1.165, 1.54) is 11.1 Å². The lowest BCUT2D eigenvalue weighted by molar-refractivity contribution is -0.227. The van der Waals surface area contributed by atoms with Gasteiger partial charge in [0.15, 0.2) is 0 Å². The fourth-order valence-corrected chi connectivity index (χ4v) is 4.91. The number of rotatable bonds is 2. The van der Waals surface area contributed by atoms with Crippen LogP contribution >= 0.6 is 0 Å². The summed E-state index contributed by atoms with van der Waals surface area (Å²) in [6, 6.07) is 14.7. The normalized spacial score (nSPS) is 19.8. The van der Waals surface area contributed by atoms with Gasteiger partial charge in [0.25, 0.3) is 0 Å². The fraction of sp³-hybridized carbons (Fsp3) is 0.385. The number of nitrogens with zero attached hydrogens (tertiary/aromatic N) is 2. The zero-order valence-electron chi connectivity index (χ0n) is 17.8. The zero-order valence-corrected chi connectivity index (χ0v) is 17.8. The Kier molecular flexibility index (Phi) is 4.29. The van der Waals surface area contributed by atoms with Gasteiger partial charge in [0.05, 0.1) is 12.1 Å². The summed E-state index contributed by atoms with van der Waals surface area (Å²) in [5, 5.41) is 1.15. The highest BCUT2D eigenvalue weighted by atomic mass is 16.7. The van der Waals surface area contributed by atoms with Gasteiger partial charge in [-0.05, 0) is 54.7 Å². The minimum atomic E-state index is -0.600. The van der Waals surface area contributed by atoms with Gasteiger partial charge in [0.1, 0.15) is 5.75 Å². The van der Waals surface area contributed by atoms with Crippen molar-refractivity contribution in [1.29, 1.82) is 0 Å². The number of aromatic nitrogens is 1. The third-order valence-corrected chi connectivity index (χ3v) is 6.95. The predicted molar refractivity (Wildman–Crippen MR) is 119 cm³/mol. The molecule has 2 aromatic carbocycles. The van der Waals surface area contributed by atoms with Crippen LogP contribution < -0.4 is 4.74 Å².